The summed E-state index contributed by atoms with van der Waals surface area (Å²) in [6.45, 7) is 7.77. The van der Waals surface area contributed by atoms with Crippen LogP contribution in [0.15, 0.2) is 60.3 Å². The van der Waals surface area contributed by atoms with Crippen molar-refractivity contribution in [3.63, 3.8) is 0 Å². The zero-order valence-electron chi connectivity index (χ0n) is 18.5. The lowest BCUT2D eigenvalue weighted by Crippen LogP contribution is -2.30. The number of hydrogen-bond acceptors (Lipinski definition) is 5. The van der Waals surface area contributed by atoms with Crippen molar-refractivity contribution in [1.29, 1.82) is 0 Å². The maximum atomic E-state index is 12.4. The summed E-state index contributed by atoms with van der Waals surface area (Å²) < 4.78 is 5.73. The van der Waals surface area contributed by atoms with E-state index in [0.717, 1.165) is 11.3 Å². The van der Waals surface area contributed by atoms with Crippen molar-refractivity contribution in [2.45, 2.75) is 77.1 Å². The van der Waals surface area contributed by atoms with Gasteiger partial charge in [-0.1, -0.05) is 50.3 Å². The van der Waals surface area contributed by atoms with Gasteiger partial charge in [-0.05, 0) is 50.8 Å². The Kier molecular flexibility index (Phi) is 9.00. The van der Waals surface area contributed by atoms with Gasteiger partial charge in [-0.15, -0.1) is 0 Å². The Morgan fingerprint density at radius 3 is 2.87 bits per heavy atom. The number of carbonyl (C=O) groups is 1. The van der Waals surface area contributed by atoms with Gasteiger partial charge in [-0.3, -0.25) is 9.78 Å². The molecular weight excluding hydrogens is 378 g/mol. The van der Waals surface area contributed by atoms with Crippen LogP contribution in [0.2, 0.25) is 0 Å². The van der Waals surface area contributed by atoms with Gasteiger partial charge in [0.2, 0.25) is 0 Å². The Balaban J connectivity index is 2.16. The zero-order chi connectivity index (χ0) is 22.1. The molecule has 1 aliphatic heterocycles. The zero-order valence-corrected chi connectivity index (χ0v) is 18.5. The van der Waals surface area contributed by atoms with Crippen LogP contribution in [-0.4, -0.2) is 39.0 Å². The van der Waals surface area contributed by atoms with Gasteiger partial charge in [0.25, 0.3) is 0 Å². The molecule has 0 aromatic carbocycles. The number of carbonyl (C=O) groups excluding carboxylic acids is 1. The van der Waals surface area contributed by atoms with Crippen molar-refractivity contribution in [1.82, 2.24) is 4.98 Å². The predicted molar refractivity (Wildman–Crippen MR) is 119 cm³/mol. The Morgan fingerprint density at radius 1 is 1.40 bits per heavy atom. The first-order valence-corrected chi connectivity index (χ1v) is 10.7. The molecule has 164 valence electrons. The molecule has 30 heavy (non-hydrogen) atoms. The van der Waals surface area contributed by atoms with E-state index >= 15 is 0 Å². The second-order valence-corrected chi connectivity index (χ2v) is 8.63. The maximum Gasteiger partial charge on any atom is 0.309 e. The summed E-state index contributed by atoms with van der Waals surface area (Å²) in [5.41, 5.74) is 1.02. The van der Waals surface area contributed by atoms with Gasteiger partial charge >= 0.3 is 5.97 Å². The van der Waals surface area contributed by atoms with Crippen molar-refractivity contribution in [2.24, 2.45) is 5.92 Å². The van der Waals surface area contributed by atoms with E-state index in [4.69, 9.17) is 4.74 Å². The lowest BCUT2D eigenvalue weighted by atomic mass is 9.91. The summed E-state index contributed by atoms with van der Waals surface area (Å²) in [4.78, 5) is 16.7. The van der Waals surface area contributed by atoms with Crippen LogP contribution in [0.3, 0.4) is 0 Å². The molecule has 0 saturated heterocycles. The van der Waals surface area contributed by atoms with Crippen LogP contribution in [0, 0.1) is 5.92 Å². The van der Waals surface area contributed by atoms with Crippen molar-refractivity contribution in [3.05, 3.63) is 66.0 Å². The Labute approximate surface area is 180 Å². The number of ether oxygens (including phenoxy) is 1. The normalized spacial score (nSPS) is 31.5. The van der Waals surface area contributed by atoms with Gasteiger partial charge in [0.15, 0.2) is 0 Å². The van der Waals surface area contributed by atoms with Crippen molar-refractivity contribution in [3.8, 4) is 0 Å². The molecule has 2 N–H and O–H groups in total. The van der Waals surface area contributed by atoms with Crippen LogP contribution in [0.25, 0.3) is 0 Å². The monoisotopic (exact) mass is 413 g/mol. The molecule has 0 spiro atoms. The Morgan fingerprint density at radius 2 is 2.17 bits per heavy atom. The summed E-state index contributed by atoms with van der Waals surface area (Å²) in [6.07, 6.45) is 11.7. The topological polar surface area (TPSA) is 79.7 Å². The quantitative estimate of drug-likeness (QED) is 0.432. The van der Waals surface area contributed by atoms with Gasteiger partial charge < -0.3 is 14.9 Å². The van der Waals surface area contributed by atoms with Gasteiger partial charge in [0, 0.05) is 23.7 Å². The van der Waals surface area contributed by atoms with E-state index < -0.39 is 23.8 Å². The van der Waals surface area contributed by atoms with E-state index in [2.05, 4.69) is 18.0 Å². The van der Waals surface area contributed by atoms with Crippen LogP contribution < -0.4 is 0 Å². The lowest BCUT2D eigenvalue weighted by Gasteiger charge is -2.27. The molecule has 1 aromatic rings. The van der Waals surface area contributed by atoms with Crippen LogP contribution in [0.4, 0.5) is 0 Å². The van der Waals surface area contributed by atoms with Crippen molar-refractivity contribution in [2.75, 3.05) is 0 Å². The van der Waals surface area contributed by atoms with E-state index in [1.807, 2.05) is 56.4 Å². The fourth-order valence-corrected chi connectivity index (χ4v) is 3.53. The molecule has 0 saturated carbocycles. The second-order valence-electron chi connectivity index (χ2n) is 8.63. The number of hydrogen-bond donors (Lipinski definition) is 2. The van der Waals surface area contributed by atoms with Gasteiger partial charge in [0.05, 0.1) is 18.1 Å². The molecule has 2 rings (SSSR count). The summed E-state index contributed by atoms with van der Waals surface area (Å²) in [6, 6.07) is 5.86. The molecule has 0 bridgehead atoms. The van der Waals surface area contributed by atoms with E-state index in [0.29, 0.717) is 19.3 Å². The average molecular weight is 414 g/mol. The molecule has 0 fully saturated rings. The molecule has 5 atom stereocenters. The van der Waals surface area contributed by atoms with Crippen molar-refractivity contribution >= 4 is 5.97 Å². The SMILES string of the molecule is C/C(=C\C=C\[C@H](C)c1ccccn1)[C@H]1OC(=O)C[C@H](O)CC[C@@](C)(O)C/C=C/[C@@H]1C. The largest absolute Gasteiger partial charge is 0.457 e. The smallest absolute Gasteiger partial charge is 0.309 e. The van der Waals surface area contributed by atoms with Crippen LogP contribution >= 0.6 is 0 Å². The first-order chi connectivity index (χ1) is 14.2. The minimum absolute atomic E-state index is 0.0563. The highest BCUT2D eigenvalue weighted by Gasteiger charge is 2.26. The summed E-state index contributed by atoms with van der Waals surface area (Å²) in [5, 5.41) is 20.6. The third kappa shape index (κ3) is 7.88. The highest BCUT2D eigenvalue weighted by molar-refractivity contribution is 5.70. The Hall–Kier alpha value is -2.24. The molecule has 1 aliphatic rings. The van der Waals surface area contributed by atoms with Crippen LogP contribution in [0.5, 0.6) is 0 Å². The fourth-order valence-electron chi connectivity index (χ4n) is 3.53. The summed E-state index contributed by atoms with van der Waals surface area (Å²) in [5.74, 6) is -0.311. The van der Waals surface area contributed by atoms with Gasteiger partial charge in [0.1, 0.15) is 6.10 Å². The van der Waals surface area contributed by atoms with E-state index in [1.54, 1.807) is 13.1 Å². The highest BCUT2D eigenvalue weighted by Crippen LogP contribution is 2.25. The number of nitrogens with zero attached hydrogens (tertiary/aromatic N) is 1. The standard InChI is InChI=1S/C25H35NO4/c1-18(22-12-5-6-16-26-22)9-7-10-19(2)24-20(3)11-8-14-25(4,29)15-13-21(27)17-23(28)30-24/h5-12,16,18,20-21,24,27,29H,13-15,17H2,1-4H3/b9-7+,11-8+,19-10+/t18-,20-,21+,24+,25-/m0/s1. The first kappa shape index (κ1) is 24.0. The number of esters is 1. The number of cyclic esters (lactones) is 1. The number of aliphatic hydroxyl groups excluding tert-OH is 1. The number of allylic oxidation sites excluding steroid dienone is 3. The molecule has 0 unspecified atom stereocenters. The van der Waals surface area contributed by atoms with E-state index in [-0.39, 0.29) is 18.3 Å². The maximum absolute atomic E-state index is 12.4. The molecule has 0 aliphatic carbocycles. The number of pyridine rings is 1. The molecular formula is C25H35NO4. The fraction of sp³-hybridized carbons (Fsp3) is 0.520. The third-order valence-electron chi connectivity index (χ3n) is 5.51. The lowest BCUT2D eigenvalue weighted by molar-refractivity contribution is -0.151. The minimum atomic E-state index is -0.898. The molecule has 2 heterocycles. The number of rotatable bonds is 4. The van der Waals surface area contributed by atoms with Crippen LogP contribution in [-0.2, 0) is 9.53 Å². The van der Waals surface area contributed by atoms with Gasteiger partial charge in [-0.2, -0.15) is 0 Å². The van der Waals surface area contributed by atoms with E-state index in [1.165, 1.54) is 0 Å². The predicted octanol–water partition coefficient (Wildman–Crippen LogP) is 4.48. The van der Waals surface area contributed by atoms with E-state index in [9.17, 15) is 15.0 Å². The third-order valence-corrected chi connectivity index (χ3v) is 5.51. The van der Waals surface area contributed by atoms with Crippen molar-refractivity contribution < 1.29 is 19.7 Å². The molecule has 5 nitrogen and oxygen atoms in total. The molecule has 1 aromatic heterocycles. The Bertz CT molecular complexity index is 767. The highest BCUT2D eigenvalue weighted by atomic mass is 16.5. The molecule has 0 radical (unpaired) electrons. The van der Waals surface area contributed by atoms with Gasteiger partial charge in [-0.25, -0.2) is 0 Å². The molecule has 0 amide bonds. The molecule has 5 heteroatoms. The number of aliphatic hydroxyl groups is 2. The summed E-state index contributed by atoms with van der Waals surface area (Å²) >= 11 is 0. The second kappa shape index (κ2) is 11.2. The summed E-state index contributed by atoms with van der Waals surface area (Å²) in [7, 11) is 0. The first-order valence-electron chi connectivity index (χ1n) is 10.7. The minimum Gasteiger partial charge on any atom is -0.457 e. The average Bonchev–Trinajstić information content (AvgIpc) is 2.70. The number of aromatic nitrogens is 1. The van der Waals surface area contributed by atoms with Crippen LogP contribution in [0.1, 0.15) is 65.0 Å².